The van der Waals surface area contributed by atoms with Crippen LogP contribution in [0.3, 0.4) is 0 Å². The number of H-pyrrole nitrogens is 1. The van der Waals surface area contributed by atoms with Crippen LogP contribution in [-0.2, 0) is 0 Å². The van der Waals surface area contributed by atoms with Crippen molar-refractivity contribution in [3.05, 3.63) is 33.7 Å². The molecular weight excluding hydrogens is 242 g/mol. The Labute approximate surface area is 113 Å². The molecule has 1 aromatic heterocycles. The summed E-state index contributed by atoms with van der Waals surface area (Å²) in [6.07, 6.45) is 2.66. The van der Waals surface area contributed by atoms with E-state index in [4.69, 9.17) is 0 Å². The third kappa shape index (κ3) is 3.23. The van der Waals surface area contributed by atoms with E-state index in [2.05, 4.69) is 16.8 Å². The second-order valence-corrected chi connectivity index (χ2v) is 5.03. The Morgan fingerprint density at radius 1 is 1.32 bits per heavy atom. The maximum Gasteiger partial charge on any atom is 0.259 e. The minimum atomic E-state index is -0.197. The van der Waals surface area contributed by atoms with Gasteiger partial charge in [-0.15, -0.1) is 0 Å². The second-order valence-electron chi connectivity index (χ2n) is 5.03. The minimum absolute atomic E-state index is 0.155. The molecule has 0 aromatic carbocycles. The van der Waals surface area contributed by atoms with Gasteiger partial charge in [0.25, 0.3) is 5.91 Å². The van der Waals surface area contributed by atoms with Crippen molar-refractivity contribution in [1.29, 1.82) is 0 Å². The van der Waals surface area contributed by atoms with Crippen molar-refractivity contribution in [1.82, 2.24) is 14.8 Å². The van der Waals surface area contributed by atoms with E-state index in [-0.39, 0.29) is 16.9 Å². The summed E-state index contributed by atoms with van der Waals surface area (Å²) in [4.78, 5) is 31.1. The van der Waals surface area contributed by atoms with Crippen LogP contribution in [0.2, 0.25) is 0 Å². The van der Waals surface area contributed by atoms with Gasteiger partial charge in [0.15, 0.2) is 5.43 Å². The number of hydrogen-bond acceptors (Lipinski definition) is 3. The molecule has 2 rings (SSSR count). The number of aryl methyl sites for hydroxylation is 1. The quantitative estimate of drug-likeness (QED) is 0.879. The highest BCUT2D eigenvalue weighted by Crippen LogP contribution is 2.06. The number of carbonyl (C=O) groups is 1. The summed E-state index contributed by atoms with van der Waals surface area (Å²) < 4.78 is 0. The lowest BCUT2D eigenvalue weighted by molar-refractivity contribution is 0.0636. The van der Waals surface area contributed by atoms with Crippen LogP contribution in [0, 0.1) is 6.92 Å². The number of rotatable bonds is 3. The monoisotopic (exact) mass is 263 g/mol. The highest BCUT2D eigenvalue weighted by molar-refractivity contribution is 5.93. The molecule has 0 spiro atoms. The maximum absolute atomic E-state index is 12.3. The van der Waals surface area contributed by atoms with Crippen molar-refractivity contribution in [2.45, 2.75) is 20.3 Å². The summed E-state index contributed by atoms with van der Waals surface area (Å²) in [5, 5.41) is 0. The second kappa shape index (κ2) is 6.02. The molecule has 1 aliphatic heterocycles. The molecule has 1 amide bonds. The van der Waals surface area contributed by atoms with Crippen molar-refractivity contribution in [3.8, 4) is 0 Å². The fraction of sp³-hybridized carbons (Fsp3) is 0.571. The number of carbonyl (C=O) groups excluding carboxylic acids is 1. The first-order valence-corrected chi connectivity index (χ1v) is 6.82. The molecule has 0 saturated carbocycles. The average Bonchev–Trinajstić information content (AvgIpc) is 2.39. The first kappa shape index (κ1) is 13.8. The summed E-state index contributed by atoms with van der Waals surface area (Å²) in [6.45, 7) is 8.22. The van der Waals surface area contributed by atoms with E-state index in [9.17, 15) is 9.59 Å². The minimum Gasteiger partial charge on any atom is -0.364 e. The lowest BCUT2D eigenvalue weighted by atomic mass is 10.2. The summed E-state index contributed by atoms with van der Waals surface area (Å²) in [6, 6.07) is 1.47. The van der Waals surface area contributed by atoms with Crippen LogP contribution >= 0.6 is 0 Å². The smallest absolute Gasteiger partial charge is 0.259 e. The maximum atomic E-state index is 12.3. The summed E-state index contributed by atoms with van der Waals surface area (Å²) >= 11 is 0. The van der Waals surface area contributed by atoms with Crippen molar-refractivity contribution < 1.29 is 4.79 Å². The molecule has 19 heavy (non-hydrogen) atoms. The molecule has 104 valence electrons. The number of hydrogen-bond donors (Lipinski definition) is 1. The highest BCUT2D eigenvalue weighted by atomic mass is 16.2. The third-order valence-electron chi connectivity index (χ3n) is 3.49. The van der Waals surface area contributed by atoms with Crippen LogP contribution in [0.15, 0.2) is 17.1 Å². The van der Waals surface area contributed by atoms with Crippen LogP contribution < -0.4 is 5.43 Å². The van der Waals surface area contributed by atoms with E-state index in [0.717, 1.165) is 31.7 Å². The molecule has 2 heterocycles. The van der Waals surface area contributed by atoms with E-state index in [0.29, 0.717) is 13.1 Å². The van der Waals surface area contributed by atoms with Crippen molar-refractivity contribution >= 4 is 5.91 Å². The SMILES string of the molecule is CCCN1CCN(C(=O)c2c[nH]c(C)cc2=O)CC1. The molecular formula is C14H21N3O2. The van der Waals surface area contributed by atoms with Gasteiger partial charge in [-0.1, -0.05) is 6.92 Å². The Balaban J connectivity index is 2.03. The summed E-state index contributed by atoms with van der Waals surface area (Å²) in [5.74, 6) is -0.155. The molecule has 1 aromatic rings. The fourth-order valence-electron chi connectivity index (χ4n) is 2.40. The molecule has 5 heteroatoms. The molecule has 0 aliphatic carbocycles. The Bertz CT molecular complexity index is 502. The van der Waals surface area contributed by atoms with E-state index >= 15 is 0 Å². The van der Waals surface area contributed by atoms with Gasteiger partial charge in [0.1, 0.15) is 5.56 Å². The first-order valence-electron chi connectivity index (χ1n) is 6.82. The van der Waals surface area contributed by atoms with Crippen LogP contribution in [-0.4, -0.2) is 53.4 Å². The van der Waals surface area contributed by atoms with Gasteiger partial charge in [-0.25, -0.2) is 0 Å². The Morgan fingerprint density at radius 2 is 2.00 bits per heavy atom. The number of pyridine rings is 1. The Kier molecular flexibility index (Phi) is 4.37. The molecule has 0 unspecified atom stereocenters. The predicted molar refractivity (Wildman–Crippen MR) is 74.4 cm³/mol. The zero-order valence-corrected chi connectivity index (χ0v) is 11.6. The topological polar surface area (TPSA) is 56.4 Å². The van der Waals surface area contributed by atoms with Crippen LogP contribution in [0.25, 0.3) is 0 Å². The molecule has 5 nitrogen and oxygen atoms in total. The zero-order valence-electron chi connectivity index (χ0n) is 11.6. The molecule has 1 saturated heterocycles. The van der Waals surface area contributed by atoms with Gasteiger partial charge in [0.2, 0.25) is 0 Å². The zero-order chi connectivity index (χ0) is 13.8. The number of piperazine rings is 1. The number of aromatic amines is 1. The van der Waals surface area contributed by atoms with Crippen LogP contribution in [0.1, 0.15) is 29.4 Å². The predicted octanol–water partition coefficient (Wildman–Crippen LogP) is 0.851. The van der Waals surface area contributed by atoms with Gasteiger partial charge in [-0.3, -0.25) is 14.5 Å². The van der Waals surface area contributed by atoms with Gasteiger partial charge in [-0.2, -0.15) is 0 Å². The molecule has 1 N–H and O–H groups in total. The first-order chi connectivity index (χ1) is 9.11. The number of amides is 1. The lowest BCUT2D eigenvalue weighted by Gasteiger charge is -2.34. The Hall–Kier alpha value is -1.62. The summed E-state index contributed by atoms with van der Waals surface area (Å²) in [5.41, 5.74) is 0.820. The lowest BCUT2D eigenvalue weighted by Crippen LogP contribution is -2.49. The van der Waals surface area contributed by atoms with Crippen LogP contribution in [0.4, 0.5) is 0 Å². The van der Waals surface area contributed by atoms with Gasteiger partial charge < -0.3 is 9.88 Å². The van der Waals surface area contributed by atoms with E-state index in [1.54, 1.807) is 11.8 Å². The normalized spacial score (nSPS) is 16.6. The largest absolute Gasteiger partial charge is 0.364 e. The standard InChI is InChI=1S/C14H21N3O2/c1-3-4-16-5-7-17(8-6-16)14(19)12-10-15-11(2)9-13(12)18/h9-10H,3-8H2,1-2H3,(H,15,18). The highest BCUT2D eigenvalue weighted by Gasteiger charge is 2.23. The van der Waals surface area contributed by atoms with Gasteiger partial charge in [0.05, 0.1) is 0 Å². The fourth-order valence-corrected chi connectivity index (χ4v) is 2.40. The van der Waals surface area contributed by atoms with Crippen molar-refractivity contribution in [2.24, 2.45) is 0 Å². The van der Waals surface area contributed by atoms with E-state index in [1.165, 1.54) is 12.3 Å². The van der Waals surface area contributed by atoms with Crippen molar-refractivity contribution in [3.63, 3.8) is 0 Å². The van der Waals surface area contributed by atoms with Gasteiger partial charge in [0, 0.05) is 44.1 Å². The number of nitrogens with zero attached hydrogens (tertiary/aromatic N) is 2. The third-order valence-corrected chi connectivity index (χ3v) is 3.49. The van der Waals surface area contributed by atoms with E-state index < -0.39 is 0 Å². The van der Waals surface area contributed by atoms with E-state index in [1.807, 2.05) is 0 Å². The van der Waals surface area contributed by atoms with Gasteiger partial charge >= 0.3 is 0 Å². The van der Waals surface area contributed by atoms with Crippen molar-refractivity contribution in [2.75, 3.05) is 32.7 Å². The number of aromatic nitrogens is 1. The van der Waals surface area contributed by atoms with Crippen LogP contribution in [0.5, 0.6) is 0 Å². The molecule has 0 radical (unpaired) electrons. The molecule has 1 fully saturated rings. The summed E-state index contributed by atoms with van der Waals surface area (Å²) in [7, 11) is 0. The molecule has 0 bridgehead atoms. The average molecular weight is 263 g/mol. The molecule has 0 atom stereocenters. The number of nitrogens with one attached hydrogen (secondary N) is 1. The molecule has 1 aliphatic rings. The Morgan fingerprint density at radius 3 is 2.58 bits per heavy atom. The van der Waals surface area contributed by atoms with Gasteiger partial charge in [-0.05, 0) is 19.9 Å².